The van der Waals surface area contributed by atoms with Gasteiger partial charge in [0.05, 0.1) is 16.9 Å². The van der Waals surface area contributed by atoms with E-state index < -0.39 is 0 Å². The molecule has 5 nitrogen and oxygen atoms in total. The molecule has 3 heterocycles. The van der Waals surface area contributed by atoms with E-state index >= 15 is 0 Å². The summed E-state index contributed by atoms with van der Waals surface area (Å²) in [5, 5.41) is 5.29. The quantitative estimate of drug-likeness (QED) is 0.720. The number of hydrogen-bond acceptors (Lipinski definition) is 5. The lowest BCUT2D eigenvalue weighted by Gasteiger charge is -2.21. The van der Waals surface area contributed by atoms with Crippen molar-refractivity contribution in [2.45, 2.75) is 33.4 Å². The van der Waals surface area contributed by atoms with Crippen molar-refractivity contribution in [3.8, 4) is 0 Å². The molecule has 5 heteroatoms. The molecule has 1 aliphatic heterocycles. The normalized spacial score (nSPS) is 16.8. The number of pyridine rings is 1. The van der Waals surface area contributed by atoms with Gasteiger partial charge in [-0.1, -0.05) is 29.4 Å². The monoisotopic (exact) mass is 350 g/mol. The maximum atomic E-state index is 5.31. The molecule has 0 aliphatic carbocycles. The summed E-state index contributed by atoms with van der Waals surface area (Å²) in [5.74, 6) is 0.948. The van der Waals surface area contributed by atoms with E-state index in [0.717, 1.165) is 61.9 Å². The predicted octanol–water partition coefficient (Wildman–Crippen LogP) is 3.55. The van der Waals surface area contributed by atoms with Gasteiger partial charge in [0.2, 0.25) is 0 Å². The van der Waals surface area contributed by atoms with Crippen LogP contribution in [0.2, 0.25) is 0 Å². The summed E-state index contributed by atoms with van der Waals surface area (Å²) in [6, 6.07) is 12.7. The molecular weight excluding hydrogens is 324 g/mol. The van der Waals surface area contributed by atoms with E-state index in [4.69, 9.17) is 9.51 Å². The minimum absolute atomic E-state index is 0.921. The van der Waals surface area contributed by atoms with Gasteiger partial charge in [-0.25, -0.2) is 0 Å². The summed E-state index contributed by atoms with van der Waals surface area (Å²) >= 11 is 0. The average Bonchev–Trinajstić information content (AvgIpc) is 2.84. The summed E-state index contributed by atoms with van der Waals surface area (Å²) in [6.07, 6.45) is 1.18. The van der Waals surface area contributed by atoms with E-state index in [0.29, 0.717) is 0 Å². The fraction of sp³-hybridized carbons (Fsp3) is 0.429. The van der Waals surface area contributed by atoms with E-state index in [1.165, 1.54) is 17.4 Å². The van der Waals surface area contributed by atoms with Gasteiger partial charge < -0.3 is 4.52 Å². The van der Waals surface area contributed by atoms with Gasteiger partial charge in [0.15, 0.2) is 0 Å². The van der Waals surface area contributed by atoms with E-state index in [9.17, 15) is 0 Å². The second-order valence-electron chi connectivity index (χ2n) is 7.20. The van der Waals surface area contributed by atoms with Gasteiger partial charge in [0, 0.05) is 37.1 Å². The van der Waals surface area contributed by atoms with Crippen molar-refractivity contribution in [2.75, 3.05) is 26.2 Å². The van der Waals surface area contributed by atoms with Crippen LogP contribution in [-0.4, -0.2) is 46.1 Å². The van der Waals surface area contributed by atoms with Crippen LogP contribution in [0.1, 0.15) is 29.1 Å². The highest BCUT2D eigenvalue weighted by atomic mass is 16.5. The molecule has 3 aromatic rings. The standard InChI is InChI=1S/C21H26N4O/c1-16-20(17(2)26-23-16)15-25-11-5-10-24(12-13-25)14-19-9-8-18-6-3-4-7-21(18)22-19/h3-4,6-9H,5,10-15H2,1-2H3. The molecule has 0 saturated carbocycles. The number of nitrogens with zero attached hydrogens (tertiary/aromatic N) is 4. The summed E-state index contributed by atoms with van der Waals surface area (Å²) in [5.41, 5.74) is 4.50. The fourth-order valence-corrected chi connectivity index (χ4v) is 3.72. The second kappa shape index (κ2) is 7.56. The molecule has 4 rings (SSSR count). The summed E-state index contributed by atoms with van der Waals surface area (Å²) in [4.78, 5) is 9.86. The van der Waals surface area contributed by atoms with Crippen LogP contribution < -0.4 is 0 Å². The molecule has 0 amide bonds. The Morgan fingerprint density at radius 3 is 2.46 bits per heavy atom. The number of aryl methyl sites for hydroxylation is 2. The van der Waals surface area contributed by atoms with E-state index in [1.54, 1.807) is 0 Å². The second-order valence-corrected chi connectivity index (χ2v) is 7.20. The van der Waals surface area contributed by atoms with Crippen LogP contribution in [0.5, 0.6) is 0 Å². The molecule has 2 aromatic heterocycles. The molecule has 0 radical (unpaired) electrons. The first-order valence-electron chi connectivity index (χ1n) is 9.40. The number of rotatable bonds is 4. The zero-order chi connectivity index (χ0) is 17.9. The lowest BCUT2D eigenvalue weighted by Crippen LogP contribution is -2.30. The Hall–Kier alpha value is -2.24. The van der Waals surface area contributed by atoms with Crippen molar-refractivity contribution < 1.29 is 4.52 Å². The lowest BCUT2D eigenvalue weighted by molar-refractivity contribution is 0.244. The zero-order valence-electron chi connectivity index (χ0n) is 15.6. The Bertz CT molecular complexity index is 869. The third-order valence-corrected chi connectivity index (χ3v) is 5.29. The molecule has 0 atom stereocenters. The van der Waals surface area contributed by atoms with Crippen molar-refractivity contribution in [3.63, 3.8) is 0 Å². The minimum atomic E-state index is 0.921. The highest BCUT2D eigenvalue weighted by Crippen LogP contribution is 2.17. The van der Waals surface area contributed by atoms with Gasteiger partial charge in [-0.05, 0) is 45.5 Å². The van der Waals surface area contributed by atoms with Crippen LogP contribution >= 0.6 is 0 Å². The van der Waals surface area contributed by atoms with Crippen molar-refractivity contribution in [2.24, 2.45) is 0 Å². The Morgan fingerprint density at radius 1 is 0.923 bits per heavy atom. The van der Waals surface area contributed by atoms with E-state index in [2.05, 4.69) is 51.4 Å². The topological polar surface area (TPSA) is 45.4 Å². The van der Waals surface area contributed by atoms with Crippen LogP contribution in [-0.2, 0) is 13.1 Å². The van der Waals surface area contributed by atoms with Crippen LogP contribution in [0.25, 0.3) is 10.9 Å². The van der Waals surface area contributed by atoms with Gasteiger partial charge >= 0.3 is 0 Å². The minimum Gasteiger partial charge on any atom is -0.361 e. The van der Waals surface area contributed by atoms with Crippen molar-refractivity contribution in [3.05, 3.63) is 59.1 Å². The van der Waals surface area contributed by atoms with E-state index in [-0.39, 0.29) is 0 Å². The average molecular weight is 350 g/mol. The maximum Gasteiger partial charge on any atom is 0.138 e. The SMILES string of the molecule is Cc1noc(C)c1CN1CCCN(Cc2ccc3ccccc3n2)CC1. The van der Waals surface area contributed by atoms with Crippen LogP contribution in [0.15, 0.2) is 40.9 Å². The highest BCUT2D eigenvalue weighted by molar-refractivity contribution is 5.78. The third kappa shape index (κ3) is 3.79. The Kier molecular flexibility index (Phi) is 5.00. The Balaban J connectivity index is 1.38. The maximum absolute atomic E-state index is 5.31. The van der Waals surface area contributed by atoms with Crippen LogP contribution in [0, 0.1) is 13.8 Å². The number of aromatic nitrogens is 2. The summed E-state index contributed by atoms with van der Waals surface area (Å²) in [7, 11) is 0. The Labute approximate surface area is 154 Å². The van der Waals surface area contributed by atoms with Crippen molar-refractivity contribution >= 4 is 10.9 Å². The molecule has 1 fully saturated rings. The molecule has 1 aliphatic rings. The van der Waals surface area contributed by atoms with Gasteiger partial charge in [-0.15, -0.1) is 0 Å². The molecule has 0 bridgehead atoms. The molecule has 0 spiro atoms. The molecule has 0 N–H and O–H groups in total. The van der Waals surface area contributed by atoms with Gasteiger partial charge in [0.25, 0.3) is 0 Å². The summed E-state index contributed by atoms with van der Waals surface area (Å²) in [6.45, 7) is 10.3. The highest BCUT2D eigenvalue weighted by Gasteiger charge is 2.18. The summed E-state index contributed by atoms with van der Waals surface area (Å²) < 4.78 is 5.31. The van der Waals surface area contributed by atoms with Gasteiger partial charge in [-0.3, -0.25) is 14.8 Å². The van der Waals surface area contributed by atoms with Crippen LogP contribution in [0.3, 0.4) is 0 Å². The largest absolute Gasteiger partial charge is 0.361 e. The number of benzene rings is 1. The number of hydrogen-bond donors (Lipinski definition) is 0. The third-order valence-electron chi connectivity index (χ3n) is 5.29. The zero-order valence-corrected chi connectivity index (χ0v) is 15.6. The molecule has 0 unspecified atom stereocenters. The number of para-hydroxylation sites is 1. The van der Waals surface area contributed by atoms with Gasteiger partial charge in [-0.2, -0.15) is 0 Å². The molecule has 1 saturated heterocycles. The number of fused-ring (bicyclic) bond motifs is 1. The first-order chi connectivity index (χ1) is 12.7. The molecular formula is C21H26N4O. The molecule has 136 valence electrons. The fourth-order valence-electron chi connectivity index (χ4n) is 3.72. The smallest absolute Gasteiger partial charge is 0.138 e. The van der Waals surface area contributed by atoms with Gasteiger partial charge in [0.1, 0.15) is 5.76 Å². The first kappa shape index (κ1) is 17.2. The van der Waals surface area contributed by atoms with Crippen molar-refractivity contribution in [1.82, 2.24) is 19.9 Å². The molecule has 26 heavy (non-hydrogen) atoms. The van der Waals surface area contributed by atoms with Crippen LogP contribution in [0.4, 0.5) is 0 Å². The first-order valence-corrected chi connectivity index (χ1v) is 9.40. The molecule has 1 aromatic carbocycles. The Morgan fingerprint density at radius 2 is 1.69 bits per heavy atom. The van der Waals surface area contributed by atoms with E-state index in [1.807, 2.05) is 13.8 Å². The predicted molar refractivity (Wildman–Crippen MR) is 103 cm³/mol. The van der Waals surface area contributed by atoms with Crippen molar-refractivity contribution in [1.29, 1.82) is 0 Å². The lowest BCUT2D eigenvalue weighted by atomic mass is 10.2.